The molecule has 0 atom stereocenters. The molecule has 0 aliphatic heterocycles. The first-order valence-corrected chi connectivity index (χ1v) is 26.8. The van der Waals surface area contributed by atoms with Crippen LogP contribution in [0.4, 0.5) is 0 Å². The summed E-state index contributed by atoms with van der Waals surface area (Å²) in [6.45, 7) is 23.7. The van der Waals surface area contributed by atoms with E-state index >= 15 is 0 Å². The van der Waals surface area contributed by atoms with E-state index in [1.54, 1.807) is 8.33 Å². The number of aryl methyl sites for hydroxylation is 1. The van der Waals surface area contributed by atoms with Crippen LogP contribution in [0.1, 0.15) is 108 Å². The summed E-state index contributed by atoms with van der Waals surface area (Å²) >= 11 is -4.39. The van der Waals surface area contributed by atoms with Gasteiger partial charge in [-0.2, -0.15) is 0 Å². The molecule has 0 radical (unpaired) electrons. The van der Waals surface area contributed by atoms with Crippen molar-refractivity contribution in [3.8, 4) is 11.1 Å². The van der Waals surface area contributed by atoms with Crippen molar-refractivity contribution in [1.82, 2.24) is 0 Å². The number of benzene rings is 3. The average Bonchev–Trinajstić information content (AvgIpc) is 3.65. The number of hydrogen-bond donors (Lipinski definition) is 0. The predicted molar refractivity (Wildman–Crippen MR) is 191 cm³/mol. The van der Waals surface area contributed by atoms with Crippen LogP contribution in [0.3, 0.4) is 0 Å². The van der Waals surface area contributed by atoms with Crippen LogP contribution in [-0.4, -0.2) is 5.11 Å². The van der Waals surface area contributed by atoms with E-state index in [0.717, 1.165) is 12.8 Å². The molecule has 0 fully saturated rings. The molecule has 0 unspecified atom stereocenters. The zero-order valence-corrected chi connectivity index (χ0v) is 32.1. The van der Waals surface area contributed by atoms with Crippen molar-refractivity contribution in [2.45, 2.75) is 98.4 Å². The summed E-state index contributed by atoms with van der Waals surface area (Å²) in [5.74, 6) is 0. The van der Waals surface area contributed by atoms with Crippen LogP contribution in [0.2, 0.25) is 5.52 Å². The third kappa shape index (κ3) is 3.87. The second kappa shape index (κ2) is 8.88. The van der Waals surface area contributed by atoms with Gasteiger partial charge in [-0.05, 0) is 0 Å². The van der Waals surface area contributed by atoms with E-state index in [4.69, 9.17) is 5.11 Å². The Kier molecular flexibility index (Phi) is 6.02. The van der Waals surface area contributed by atoms with Crippen LogP contribution in [0.15, 0.2) is 80.7 Å². The van der Waals surface area contributed by atoms with Crippen LogP contribution in [0, 0.1) is 12.3 Å². The van der Waals surface area contributed by atoms with Crippen LogP contribution in [0.5, 0.6) is 0 Å². The van der Waals surface area contributed by atoms with Crippen LogP contribution in [0.25, 0.3) is 22.3 Å². The molecule has 0 saturated carbocycles. The quantitative estimate of drug-likeness (QED) is 0.197. The summed E-state index contributed by atoms with van der Waals surface area (Å²) in [6, 6.07) is 19.7. The number of allylic oxidation sites excluding steroid dienone is 8. The molecule has 3 aromatic carbocycles. The topological polar surface area (TPSA) is 0 Å². The Morgan fingerprint density at radius 2 is 1.36 bits per heavy atom. The van der Waals surface area contributed by atoms with E-state index in [-0.39, 0.29) is 16.2 Å². The second-order valence-corrected chi connectivity index (χ2v) is 35.3. The van der Waals surface area contributed by atoms with Crippen molar-refractivity contribution in [1.29, 1.82) is 0 Å². The van der Waals surface area contributed by atoms with Gasteiger partial charge in [-0.1, -0.05) is 0 Å². The zero-order chi connectivity index (χ0) is 31.8. The van der Waals surface area contributed by atoms with Gasteiger partial charge in [-0.3, -0.25) is 0 Å². The van der Waals surface area contributed by atoms with Crippen LogP contribution in [-0.2, 0) is 30.4 Å². The first-order chi connectivity index (χ1) is 20.3. The van der Waals surface area contributed by atoms with Gasteiger partial charge >= 0.3 is 268 Å². The molecule has 44 heavy (non-hydrogen) atoms. The zero-order valence-electron chi connectivity index (χ0n) is 29.2. The molecule has 0 aromatic heterocycles. The Labute approximate surface area is 267 Å². The Bertz CT molecular complexity index is 2000. The molecule has 1 heteroatoms. The first-order valence-electron chi connectivity index (χ1n) is 17.3. The molecule has 0 N–H and O–H groups in total. The van der Waals surface area contributed by atoms with Crippen molar-refractivity contribution >= 4 is 20.4 Å². The van der Waals surface area contributed by atoms with Gasteiger partial charge in [0.1, 0.15) is 0 Å². The van der Waals surface area contributed by atoms with E-state index in [1.165, 1.54) is 70.9 Å². The van der Waals surface area contributed by atoms with Gasteiger partial charge in [-0.25, -0.2) is 0 Å². The van der Waals surface area contributed by atoms with Crippen molar-refractivity contribution in [2.24, 2.45) is 5.41 Å². The second-order valence-electron chi connectivity index (χ2n) is 18.3. The van der Waals surface area contributed by atoms with Gasteiger partial charge in [0.05, 0.1) is 0 Å². The van der Waals surface area contributed by atoms with Crippen LogP contribution < -0.4 is 4.16 Å². The van der Waals surface area contributed by atoms with Gasteiger partial charge in [0, 0.05) is 0 Å². The van der Waals surface area contributed by atoms with Crippen molar-refractivity contribution in [2.75, 3.05) is 0 Å². The molecule has 4 aliphatic rings. The third-order valence-electron chi connectivity index (χ3n) is 13.4. The average molecular weight is 632 g/mol. The monoisotopic (exact) mass is 630 g/mol. The molecule has 7 rings (SSSR count). The summed E-state index contributed by atoms with van der Waals surface area (Å²) in [4.78, 5) is 0. The normalized spacial score (nSPS) is 19.2. The molecule has 0 saturated heterocycles. The summed E-state index contributed by atoms with van der Waals surface area (Å²) in [5.41, 5.74) is 20.2. The maximum absolute atomic E-state index is 5.54. The molecule has 0 amide bonds. The van der Waals surface area contributed by atoms with Gasteiger partial charge in [-0.15, -0.1) is 0 Å². The Morgan fingerprint density at radius 1 is 0.773 bits per heavy atom. The van der Waals surface area contributed by atoms with E-state index in [9.17, 15) is 0 Å². The summed E-state index contributed by atoms with van der Waals surface area (Å²) in [5, 5.41) is 5.54. The van der Waals surface area contributed by atoms with Gasteiger partial charge in [0.15, 0.2) is 0 Å². The standard InChI is InChI=1S/C25H25.C9H13.C7H7.CH3.CH2.Zn/c1-14-12-24(3,4)22-8-16-7-17-9-23-19(15(2)13-25(23,5)6)11-21(17)20(16)10-18(14)22;1-9(2,3)8-6-4-5-7-8;1-7-5-3-2-4-6-7;;;/h8-12H,7H2,1-6H3;6-7H,4H2,1-3H3;3-6H,1H3;1H3;1H2;. The summed E-state index contributed by atoms with van der Waals surface area (Å²) < 4.78 is 4.76. The predicted octanol–water partition coefficient (Wildman–Crippen LogP) is 11.0. The Hall–Kier alpha value is -2.89. The molecular formula is C43H50Zn. The fourth-order valence-electron chi connectivity index (χ4n) is 11.1. The SMILES string of the molecule is [CH2]=[Zn]([CH3])([C]1=CC(C(C)(C)C)=CC1)([C]1=C(C)c2cc3c(cc2C1(C)C)Cc1cc2c(cc1-3)C(C)=CC2(C)C)[c]1ccc(C)cc1. The van der Waals surface area contributed by atoms with Gasteiger partial charge in [0.2, 0.25) is 0 Å². The molecule has 0 bridgehead atoms. The fourth-order valence-corrected chi connectivity index (χ4v) is 29.5. The molecule has 224 valence electrons. The van der Waals surface area contributed by atoms with E-state index < -0.39 is 13.1 Å². The molecule has 0 heterocycles. The minimum absolute atomic E-state index is 0.0899. The maximum atomic E-state index is 5.54. The molecule has 0 nitrogen and oxygen atoms in total. The van der Waals surface area contributed by atoms with Crippen LogP contribution >= 0.6 is 0 Å². The molecule has 3 aromatic rings. The van der Waals surface area contributed by atoms with Gasteiger partial charge < -0.3 is 0 Å². The van der Waals surface area contributed by atoms with Gasteiger partial charge in [0.25, 0.3) is 0 Å². The molecule has 0 spiro atoms. The Balaban J connectivity index is 1.45. The van der Waals surface area contributed by atoms with Crippen molar-refractivity contribution in [3.63, 3.8) is 0 Å². The van der Waals surface area contributed by atoms with E-state index in [2.05, 4.69) is 142 Å². The number of fused-ring (bicyclic) bond motifs is 5. The third-order valence-corrected chi connectivity index (χ3v) is 32.2. The van der Waals surface area contributed by atoms with E-state index in [1.807, 2.05) is 0 Å². The van der Waals surface area contributed by atoms with Crippen molar-refractivity contribution < 1.29 is 13.1 Å². The minimum atomic E-state index is -4.39. The molecule has 4 aliphatic carbocycles. The Morgan fingerprint density at radius 3 is 1.95 bits per heavy atom. The van der Waals surface area contributed by atoms with Crippen molar-refractivity contribution in [3.05, 3.63) is 120 Å². The summed E-state index contributed by atoms with van der Waals surface area (Å²) in [6.07, 6.45) is 9.58. The molecular weight excluding hydrogens is 582 g/mol. The number of hydrogen-bond acceptors (Lipinski definition) is 0. The summed E-state index contributed by atoms with van der Waals surface area (Å²) in [7, 11) is 0. The number of rotatable bonds is 3. The fraction of sp³-hybridized carbons (Fsp3) is 0.372. The van der Waals surface area contributed by atoms with E-state index in [0.29, 0.717) is 0 Å². The first kappa shape index (κ1) is 29.8.